The zero-order valence-electron chi connectivity index (χ0n) is 17.4. The number of alkyl halides is 3. The van der Waals surface area contributed by atoms with Crippen LogP contribution < -0.4 is 4.31 Å². The van der Waals surface area contributed by atoms with Crippen LogP contribution in [0.1, 0.15) is 27.9 Å². The molecule has 32 heavy (non-hydrogen) atoms. The van der Waals surface area contributed by atoms with Gasteiger partial charge in [0, 0.05) is 44.8 Å². The Balaban J connectivity index is 1.38. The van der Waals surface area contributed by atoms with E-state index in [0.29, 0.717) is 62.5 Å². The molecule has 6 nitrogen and oxygen atoms in total. The number of halogens is 3. The van der Waals surface area contributed by atoms with Gasteiger partial charge in [0.2, 0.25) is 10.0 Å². The molecule has 0 spiro atoms. The average Bonchev–Trinajstić information content (AvgIpc) is 3.12. The predicted molar refractivity (Wildman–Crippen MR) is 115 cm³/mol. The molecule has 0 radical (unpaired) electrons. The standard InChI is InChI=1S/C22H24F3N3O3S/c23-22(24,25)19-6-1-4-17(14-19)16-26-9-11-27(12-10-26)21(29)18-5-2-7-20(15-18)28-8-3-13-32(28,30)31/h1-2,4-7,14-15H,3,8-13,16H2. The van der Waals surface area contributed by atoms with Gasteiger partial charge in [0.25, 0.3) is 5.91 Å². The molecular weight excluding hydrogens is 443 g/mol. The molecule has 2 heterocycles. The van der Waals surface area contributed by atoms with Gasteiger partial charge in [0.1, 0.15) is 0 Å². The van der Waals surface area contributed by atoms with Gasteiger partial charge in [-0.1, -0.05) is 24.3 Å². The summed E-state index contributed by atoms with van der Waals surface area (Å²) in [6.07, 6.45) is -3.81. The molecule has 2 aliphatic rings. The average molecular weight is 468 g/mol. The summed E-state index contributed by atoms with van der Waals surface area (Å²) >= 11 is 0. The van der Waals surface area contributed by atoms with Crippen LogP contribution in [0.3, 0.4) is 0 Å². The smallest absolute Gasteiger partial charge is 0.336 e. The fraction of sp³-hybridized carbons (Fsp3) is 0.409. The second-order valence-electron chi connectivity index (χ2n) is 8.06. The van der Waals surface area contributed by atoms with Gasteiger partial charge in [-0.05, 0) is 36.2 Å². The van der Waals surface area contributed by atoms with E-state index >= 15 is 0 Å². The van der Waals surface area contributed by atoms with Crippen LogP contribution in [-0.4, -0.2) is 62.6 Å². The van der Waals surface area contributed by atoms with Crippen LogP contribution in [0.15, 0.2) is 48.5 Å². The summed E-state index contributed by atoms with van der Waals surface area (Å²) in [4.78, 5) is 16.7. The van der Waals surface area contributed by atoms with Crippen LogP contribution in [0, 0.1) is 0 Å². The Hall–Kier alpha value is -2.59. The zero-order valence-corrected chi connectivity index (χ0v) is 18.2. The second-order valence-corrected chi connectivity index (χ2v) is 10.1. The number of hydrogen-bond donors (Lipinski definition) is 0. The quantitative estimate of drug-likeness (QED) is 0.693. The molecule has 2 aliphatic heterocycles. The van der Waals surface area contributed by atoms with Gasteiger partial charge in [-0.3, -0.25) is 14.0 Å². The normalized spacial score (nSPS) is 19.3. The number of rotatable bonds is 4. The van der Waals surface area contributed by atoms with Crippen molar-refractivity contribution in [3.05, 3.63) is 65.2 Å². The van der Waals surface area contributed by atoms with Crippen LogP contribution in [0.5, 0.6) is 0 Å². The van der Waals surface area contributed by atoms with Crippen LogP contribution >= 0.6 is 0 Å². The van der Waals surface area contributed by atoms with Crippen molar-refractivity contribution in [3.63, 3.8) is 0 Å². The highest BCUT2D eigenvalue weighted by Gasteiger charge is 2.31. The fourth-order valence-electron chi connectivity index (χ4n) is 4.12. The minimum atomic E-state index is -4.37. The molecule has 10 heteroatoms. The molecule has 2 saturated heterocycles. The van der Waals surface area contributed by atoms with Crippen molar-refractivity contribution in [2.24, 2.45) is 0 Å². The highest BCUT2D eigenvalue weighted by atomic mass is 32.2. The Kier molecular flexibility index (Phi) is 6.17. The van der Waals surface area contributed by atoms with Crippen molar-refractivity contribution in [3.8, 4) is 0 Å². The summed E-state index contributed by atoms with van der Waals surface area (Å²) in [5, 5.41) is 0. The SMILES string of the molecule is O=C(c1cccc(N2CCCS2(=O)=O)c1)N1CCN(Cc2cccc(C(F)(F)F)c2)CC1. The molecule has 0 saturated carbocycles. The van der Waals surface area contributed by atoms with E-state index < -0.39 is 21.8 Å². The molecule has 0 aliphatic carbocycles. The third-order valence-electron chi connectivity index (χ3n) is 5.80. The first-order valence-corrected chi connectivity index (χ1v) is 12.0. The molecule has 2 aromatic rings. The maximum Gasteiger partial charge on any atom is 0.416 e. The first-order chi connectivity index (χ1) is 15.1. The lowest BCUT2D eigenvalue weighted by Gasteiger charge is -2.35. The van der Waals surface area contributed by atoms with E-state index in [0.717, 1.165) is 12.1 Å². The molecule has 0 N–H and O–H groups in total. The van der Waals surface area contributed by atoms with Gasteiger partial charge in [0.15, 0.2) is 0 Å². The van der Waals surface area contributed by atoms with E-state index in [9.17, 15) is 26.4 Å². The van der Waals surface area contributed by atoms with Crippen LogP contribution in [0.2, 0.25) is 0 Å². The van der Waals surface area contributed by atoms with Gasteiger partial charge in [-0.2, -0.15) is 13.2 Å². The number of anilines is 1. The van der Waals surface area contributed by atoms with E-state index in [1.165, 1.54) is 10.4 Å². The van der Waals surface area contributed by atoms with Crippen molar-refractivity contribution in [2.75, 3.05) is 42.8 Å². The van der Waals surface area contributed by atoms with Crippen molar-refractivity contribution >= 4 is 21.6 Å². The van der Waals surface area contributed by atoms with Crippen molar-refractivity contribution < 1.29 is 26.4 Å². The Morgan fingerprint density at radius 1 is 0.938 bits per heavy atom. The molecule has 0 unspecified atom stereocenters. The number of amides is 1. The topological polar surface area (TPSA) is 60.9 Å². The Labute approximate surface area is 185 Å². The van der Waals surface area contributed by atoms with Gasteiger partial charge in [-0.15, -0.1) is 0 Å². The highest BCUT2D eigenvalue weighted by Crippen LogP contribution is 2.30. The Morgan fingerprint density at radius 3 is 2.31 bits per heavy atom. The zero-order chi connectivity index (χ0) is 22.9. The molecule has 0 atom stereocenters. The van der Waals surface area contributed by atoms with Crippen molar-refractivity contribution in [1.29, 1.82) is 0 Å². The number of hydrogen-bond acceptors (Lipinski definition) is 4. The minimum absolute atomic E-state index is 0.110. The Morgan fingerprint density at radius 2 is 1.66 bits per heavy atom. The second kappa shape index (κ2) is 8.74. The predicted octanol–water partition coefficient (Wildman–Crippen LogP) is 3.20. The number of sulfonamides is 1. The molecular formula is C22H24F3N3O3S. The maximum atomic E-state index is 13.0. The van der Waals surface area contributed by atoms with Crippen molar-refractivity contribution in [2.45, 2.75) is 19.1 Å². The van der Waals surface area contributed by atoms with E-state index in [4.69, 9.17) is 0 Å². The van der Waals surface area contributed by atoms with E-state index in [1.54, 1.807) is 35.2 Å². The van der Waals surface area contributed by atoms with Crippen LogP contribution in [0.25, 0.3) is 0 Å². The molecule has 2 fully saturated rings. The van der Waals surface area contributed by atoms with Gasteiger partial charge >= 0.3 is 6.18 Å². The largest absolute Gasteiger partial charge is 0.416 e. The van der Waals surface area contributed by atoms with Crippen LogP contribution in [0.4, 0.5) is 18.9 Å². The minimum Gasteiger partial charge on any atom is -0.336 e. The van der Waals surface area contributed by atoms with E-state index in [1.807, 2.05) is 4.90 Å². The first kappa shape index (κ1) is 22.6. The lowest BCUT2D eigenvalue weighted by molar-refractivity contribution is -0.137. The summed E-state index contributed by atoms with van der Waals surface area (Å²) in [6, 6.07) is 11.9. The third kappa shape index (κ3) is 4.91. The Bertz CT molecular complexity index is 1100. The highest BCUT2D eigenvalue weighted by molar-refractivity contribution is 7.93. The van der Waals surface area contributed by atoms with Gasteiger partial charge in [-0.25, -0.2) is 8.42 Å². The summed E-state index contributed by atoms with van der Waals surface area (Å²) in [5.41, 5.74) is 0.843. The molecule has 4 rings (SSSR count). The summed E-state index contributed by atoms with van der Waals surface area (Å²) in [7, 11) is -3.33. The number of piperazine rings is 1. The number of carbonyl (C=O) groups is 1. The monoisotopic (exact) mass is 467 g/mol. The molecule has 0 aromatic heterocycles. The summed E-state index contributed by atoms with van der Waals surface area (Å²) < 4.78 is 64.5. The van der Waals surface area contributed by atoms with E-state index in [2.05, 4.69) is 0 Å². The lowest BCUT2D eigenvalue weighted by atomic mass is 10.1. The number of benzene rings is 2. The number of nitrogens with zero attached hydrogens (tertiary/aromatic N) is 3. The molecule has 0 bridgehead atoms. The van der Waals surface area contributed by atoms with E-state index in [-0.39, 0.29) is 11.7 Å². The fourth-order valence-corrected chi connectivity index (χ4v) is 5.68. The summed E-state index contributed by atoms with van der Waals surface area (Å²) in [6.45, 7) is 2.78. The maximum absolute atomic E-state index is 13.0. The van der Waals surface area contributed by atoms with Gasteiger partial charge in [0.05, 0.1) is 17.0 Å². The van der Waals surface area contributed by atoms with Gasteiger partial charge < -0.3 is 4.90 Å². The number of carbonyl (C=O) groups excluding carboxylic acids is 1. The lowest BCUT2D eigenvalue weighted by Crippen LogP contribution is -2.48. The first-order valence-electron chi connectivity index (χ1n) is 10.4. The molecule has 1 amide bonds. The molecule has 172 valence electrons. The summed E-state index contributed by atoms with van der Waals surface area (Å²) in [5.74, 6) is -0.0684. The van der Waals surface area contributed by atoms with Crippen molar-refractivity contribution in [1.82, 2.24) is 9.80 Å². The third-order valence-corrected chi connectivity index (χ3v) is 7.67. The van der Waals surface area contributed by atoms with Crippen LogP contribution in [-0.2, 0) is 22.7 Å². The molecule has 2 aromatic carbocycles.